The van der Waals surface area contributed by atoms with Crippen LogP contribution < -0.4 is 10.6 Å². The minimum absolute atomic E-state index is 0. The first-order valence-corrected chi connectivity index (χ1v) is 10.1. The number of aromatic nitrogens is 1. The molecule has 5 nitrogen and oxygen atoms in total. The van der Waals surface area contributed by atoms with E-state index in [2.05, 4.69) is 32.4 Å². The van der Waals surface area contributed by atoms with Gasteiger partial charge < -0.3 is 15.5 Å². The van der Waals surface area contributed by atoms with Crippen molar-refractivity contribution in [2.24, 2.45) is 4.99 Å². The van der Waals surface area contributed by atoms with E-state index in [0.717, 1.165) is 49.2 Å². The zero-order valence-corrected chi connectivity index (χ0v) is 19.0. The normalized spacial score (nSPS) is 16.9. The lowest BCUT2D eigenvalue weighted by Gasteiger charge is -2.33. The van der Waals surface area contributed by atoms with Crippen molar-refractivity contribution in [3.63, 3.8) is 0 Å². The Hall–Kier alpha value is -0.620. The predicted molar refractivity (Wildman–Crippen MR) is 115 cm³/mol. The molecule has 0 bridgehead atoms. The molecule has 27 heavy (non-hydrogen) atoms. The van der Waals surface area contributed by atoms with Crippen LogP contribution in [0.15, 0.2) is 10.4 Å². The largest absolute Gasteiger partial charge is 0.434 e. The molecule has 0 spiro atoms. The maximum atomic E-state index is 12.6. The maximum Gasteiger partial charge on any atom is 0.434 e. The van der Waals surface area contributed by atoms with Gasteiger partial charge in [-0.05, 0) is 32.7 Å². The molecule has 0 atom stereocenters. The van der Waals surface area contributed by atoms with E-state index in [-0.39, 0.29) is 30.5 Å². The molecule has 2 rings (SSSR count). The highest BCUT2D eigenvalue weighted by Gasteiger charge is 2.33. The second kappa shape index (κ2) is 12.1. The van der Waals surface area contributed by atoms with E-state index < -0.39 is 11.9 Å². The van der Waals surface area contributed by atoms with Gasteiger partial charge in [-0.3, -0.25) is 0 Å². The van der Waals surface area contributed by atoms with Crippen LogP contribution in [0.5, 0.6) is 0 Å². The summed E-state index contributed by atoms with van der Waals surface area (Å²) in [6.45, 7) is 8.31. The van der Waals surface area contributed by atoms with Gasteiger partial charge in [-0.1, -0.05) is 13.3 Å². The number of aliphatic imine (C=N–C) groups is 1. The first-order chi connectivity index (χ1) is 12.4. The number of hydrogen-bond donors (Lipinski definition) is 2. The molecule has 1 aliphatic heterocycles. The molecule has 10 heteroatoms. The van der Waals surface area contributed by atoms with Crippen LogP contribution in [0.3, 0.4) is 0 Å². The standard InChI is InChI=1S/C17H28F3N5S.HI/c1-3-5-8-25-9-6-13(7-10-25)23-16(21-4-2)22-11-15-24-14(12-26-15)17(18,19)20;/h12-13H,3-11H2,1-2H3,(H2,21,22,23);1H. The molecule has 2 N–H and O–H groups in total. The van der Waals surface area contributed by atoms with Crippen molar-refractivity contribution in [3.05, 3.63) is 16.1 Å². The first kappa shape index (κ1) is 24.4. The van der Waals surface area contributed by atoms with E-state index in [1.165, 1.54) is 12.8 Å². The second-order valence-corrected chi connectivity index (χ2v) is 7.38. The van der Waals surface area contributed by atoms with Gasteiger partial charge in [-0.2, -0.15) is 13.2 Å². The Balaban J connectivity index is 0.00000364. The van der Waals surface area contributed by atoms with Crippen LogP contribution in [0.25, 0.3) is 0 Å². The number of hydrogen-bond acceptors (Lipinski definition) is 4. The highest BCUT2D eigenvalue weighted by Crippen LogP contribution is 2.30. The molecule has 0 unspecified atom stereocenters. The van der Waals surface area contributed by atoms with Gasteiger partial charge in [0.15, 0.2) is 11.7 Å². The summed E-state index contributed by atoms with van der Waals surface area (Å²) in [5.41, 5.74) is -0.842. The fourth-order valence-corrected chi connectivity index (χ4v) is 3.58. The Kier molecular flexibility index (Phi) is 10.9. The number of halogens is 4. The highest BCUT2D eigenvalue weighted by molar-refractivity contribution is 14.0. The maximum absolute atomic E-state index is 12.6. The number of likely N-dealkylation sites (tertiary alicyclic amines) is 1. The Labute approximate surface area is 180 Å². The molecule has 1 fully saturated rings. The molecule has 0 radical (unpaired) electrons. The summed E-state index contributed by atoms with van der Waals surface area (Å²) in [6, 6.07) is 0.340. The third-order valence-corrected chi connectivity index (χ3v) is 5.15. The van der Waals surface area contributed by atoms with Crippen LogP contribution in [-0.4, -0.2) is 48.1 Å². The number of unbranched alkanes of at least 4 members (excludes halogenated alkanes) is 1. The van der Waals surface area contributed by atoms with Gasteiger partial charge in [0, 0.05) is 31.1 Å². The van der Waals surface area contributed by atoms with Crippen LogP contribution >= 0.6 is 35.3 Å². The van der Waals surface area contributed by atoms with Crippen LogP contribution in [0.2, 0.25) is 0 Å². The molecule has 0 aromatic carbocycles. The lowest BCUT2D eigenvalue weighted by Crippen LogP contribution is -2.48. The minimum Gasteiger partial charge on any atom is -0.357 e. The van der Waals surface area contributed by atoms with Gasteiger partial charge in [0.1, 0.15) is 5.01 Å². The molecule has 0 aliphatic carbocycles. The molecular weight excluding hydrogens is 490 g/mol. The molecule has 1 aromatic heterocycles. The number of alkyl halides is 3. The topological polar surface area (TPSA) is 52.5 Å². The molecule has 0 amide bonds. The summed E-state index contributed by atoms with van der Waals surface area (Å²) in [6.07, 6.45) is 0.137. The summed E-state index contributed by atoms with van der Waals surface area (Å²) in [4.78, 5) is 10.5. The van der Waals surface area contributed by atoms with Gasteiger partial charge in [-0.15, -0.1) is 35.3 Å². The third-order valence-electron chi connectivity index (χ3n) is 4.32. The van der Waals surface area contributed by atoms with Crippen molar-refractivity contribution >= 4 is 41.3 Å². The number of thiazole rings is 1. The molecule has 156 valence electrons. The number of nitrogens with zero attached hydrogens (tertiary/aromatic N) is 3. The van der Waals surface area contributed by atoms with Gasteiger partial charge in [0.25, 0.3) is 0 Å². The fraction of sp³-hybridized carbons (Fsp3) is 0.765. The summed E-state index contributed by atoms with van der Waals surface area (Å²) in [5, 5.41) is 7.97. The molecule has 2 heterocycles. The average Bonchev–Trinajstić information content (AvgIpc) is 3.09. The van der Waals surface area contributed by atoms with E-state index in [9.17, 15) is 13.2 Å². The van der Waals surface area contributed by atoms with Crippen molar-refractivity contribution in [1.29, 1.82) is 0 Å². The summed E-state index contributed by atoms with van der Waals surface area (Å²) in [5.74, 6) is 0.642. The van der Waals surface area contributed by atoms with Crippen molar-refractivity contribution in [1.82, 2.24) is 20.5 Å². The average molecular weight is 519 g/mol. The van der Waals surface area contributed by atoms with Gasteiger partial charge in [0.05, 0.1) is 6.54 Å². The zero-order chi connectivity index (χ0) is 19.0. The summed E-state index contributed by atoms with van der Waals surface area (Å²) < 4.78 is 37.9. The van der Waals surface area contributed by atoms with Gasteiger partial charge >= 0.3 is 6.18 Å². The monoisotopic (exact) mass is 519 g/mol. The van der Waals surface area contributed by atoms with Crippen LogP contribution in [0, 0.1) is 0 Å². The SMILES string of the molecule is CCCCN1CCC(NC(=NCc2nc(C(F)(F)F)cs2)NCC)CC1.I. The molecule has 1 aromatic rings. The van der Waals surface area contributed by atoms with Crippen LogP contribution in [-0.2, 0) is 12.7 Å². The van der Waals surface area contributed by atoms with E-state index in [0.29, 0.717) is 23.6 Å². The molecule has 1 saturated heterocycles. The smallest absolute Gasteiger partial charge is 0.357 e. The summed E-state index contributed by atoms with van der Waals surface area (Å²) >= 11 is 0.990. The third kappa shape index (κ3) is 8.51. The van der Waals surface area contributed by atoms with Crippen LogP contribution in [0.1, 0.15) is 50.2 Å². The van der Waals surface area contributed by atoms with Crippen LogP contribution in [0.4, 0.5) is 13.2 Å². The van der Waals surface area contributed by atoms with E-state index in [1.807, 2.05) is 6.92 Å². The number of nitrogens with one attached hydrogen (secondary N) is 2. The second-order valence-electron chi connectivity index (χ2n) is 6.43. The molecule has 0 saturated carbocycles. The Bertz CT molecular complexity index is 571. The molecular formula is C17H29F3IN5S. The zero-order valence-electron chi connectivity index (χ0n) is 15.8. The quantitative estimate of drug-likeness (QED) is 0.324. The minimum atomic E-state index is -4.40. The van der Waals surface area contributed by atoms with E-state index in [4.69, 9.17) is 0 Å². The first-order valence-electron chi connectivity index (χ1n) is 9.21. The van der Waals surface area contributed by atoms with Crippen molar-refractivity contribution in [2.45, 2.75) is 58.3 Å². The Morgan fingerprint density at radius 1 is 1.33 bits per heavy atom. The number of guanidine groups is 1. The number of piperidine rings is 1. The van der Waals surface area contributed by atoms with Crippen molar-refractivity contribution < 1.29 is 13.2 Å². The lowest BCUT2D eigenvalue weighted by molar-refractivity contribution is -0.140. The fourth-order valence-electron chi connectivity index (χ4n) is 2.86. The Morgan fingerprint density at radius 2 is 2.04 bits per heavy atom. The Morgan fingerprint density at radius 3 is 2.59 bits per heavy atom. The van der Waals surface area contributed by atoms with E-state index in [1.54, 1.807) is 0 Å². The molecule has 1 aliphatic rings. The van der Waals surface area contributed by atoms with Crippen molar-refractivity contribution in [2.75, 3.05) is 26.2 Å². The number of rotatable bonds is 7. The predicted octanol–water partition coefficient (Wildman–Crippen LogP) is 4.10. The van der Waals surface area contributed by atoms with E-state index >= 15 is 0 Å². The van der Waals surface area contributed by atoms with Gasteiger partial charge in [-0.25, -0.2) is 9.98 Å². The van der Waals surface area contributed by atoms with Crippen molar-refractivity contribution in [3.8, 4) is 0 Å². The highest BCUT2D eigenvalue weighted by atomic mass is 127. The lowest BCUT2D eigenvalue weighted by atomic mass is 10.0. The summed E-state index contributed by atoms with van der Waals surface area (Å²) in [7, 11) is 0. The van der Waals surface area contributed by atoms with Gasteiger partial charge in [0.2, 0.25) is 0 Å².